The van der Waals surface area contributed by atoms with Crippen molar-refractivity contribution in [3.8, 4) is 12.3 Å². The molecule has 68 valence electrons. The zero-order valence-electron chi connectivity index (χ0n) is 6.73. The van der Waals surface area contributed by atoms with E-state index < -0.39 is 12.0 Å². The summed E-state index contributed by atoms with van der Waals surface area (Å²) in [5, 5.41) is 13.2. The van der Waals surface area contributed by atoms with E-state index in [0.29, 0.717) is 5.69 Å². The quantitative estimate of drug-likeness (QED) is 0.688. The molecule has 0 fully saturated rings. The highest BCUT2D eigenvalue weighted by molar-refractivity contribution is 7.07. The number of hydrogen-bond donors (Lipinski definition) is 2. The Balaban J connectivity index is 2.70. The first-order valence-corrected chi connectivity index (χ1v) is 4.47. The minimum atomic E-state index is -0.971. The van der Waals surface area contributed by atoms with Crippen LogP contribution in [0.4, 0.5) is 0 Å². The van der Waals surface area contributed by atoms with E-state index in [1.165, 1.54) is 11.3 Å². The number of rotatable bonds is 4. The molecule has 0 aromatic carbocycles. The highest BCUT2D eigenvalue weighted by Gasteiger charge is 2.19. The summed E-state index contributed by atoms with van der Waals surface area (Å²) in [7, 11) is 0. The van der Waals surface area contributed by atoms with Crippen LogP contribution in [0.2, 0.25) is 0 Å². The van der Waals surface area contributed by atoms with Crippen molar-refractivity contribution >= 4 is 17.3 Å². The lowest BCUT2D eigenvalue weighted by Crippen LogP contribution is -2.28. The number of thiazole rings is 1. The van der Waals surface area contributed by atoms with Crippen LogP contribution < -0.4 is 5.32 Å². The van der Waals surface area contributed by atoms with Crippen molar-refractivity contribution in [2.24, 2.45) is 0 Å². The summed E-state index contributed by atoms with van der Waals surface area (Å²) in [5.74, 6) is 1.35. The van der Waals surface area contributed by atoms with Crippen LogP contribution in [-0.2, 0) is 4.79 Å². The summed E-state index contributed by atoms with van der Waals surface area (Å²) in [6.45, 7) is 0.217. The number of nitrogens with zero attached hydrogens (tertiary/aromatic N) is 1. The highest BCUT2D eigenvalue weighted by atomic mass is 32.1. The largest absolute Gasteiger partial charge is 0.480 e. The van der Waals surface area contributed by atoms with Crippen LogP contribution in [0, 0.1) is 12.3 Å². The molecule has 0 saturated heterocycles. The third-order valence-electron chi connectivity index (χ3n) is 1.40. The Bertz CT molecular complexity index is 315. The van der Waals surface area contributed by atoms with Gasteiger partial charge in [0.1, 0.15) is 6.04 Å². The molecule has 0 radical (unpaired) electrons. The predicted molar refractivity (Wildman–Crippen MR) is 49.3 cm³/mol. The summed E-state index contributed by atoms with van der Waals surface area (Å²) >= 11 is 1.35. The van der Waals surface area contributed by atoms with E-state index in [2.05, 4.69) is 16.2 Å². The van der Waals surface area contributed by atoms with Crippen molar-refractivity contribution in [1.82, 2.24) is 10.3 Å². The molecule has 0 saturated carbocycles. The van der Waals surface area contributed by atoms with Gasteiger partial charge in [-0.1, -0.05) is 5.92 Å². The fraction of sp³-hybridized carbons (Fsp3) is 0.250. The van der Waals surface area contributed by atoms with E-state index in [-0.39, 0.29) is 6.54 Å². The molecule has 1 aromatic heterocycles. The topological polar surface area (TPSA) is 62.2 Å². The van der Waals surface area contributed by atoms with E-state index in [4.69, 9.17) is 11.5 Å². The van der Waals surface area contributed by atoms with Crippen molar-refractivity contribution < 1.29 is 9.90 Å². The van der Waals surface area contributed by atoms with Gasteiger partial charge < -0.3 is 5.11 Å². The second-order valence-electron chi connectivity index (χ2n) is 2.27. The van der Waals surface area contributed by atoms with Crippen molar-refractivity contribution in [2.45, 2.75) is 6.04 Å². The van der Waals surface area contributed by atoms with Gasteiger partial charge in [0.05, 0.1) is 17.7 Å². The zero-order valence-corrected chi connectivity index (χ0v) is 7.54. The van der Waals surface area contributed by atoms with Gasteiger partial charge in [0.15, 0.2) is 0 Å². The monoisotopic (exact) mass is 196 g/mol. The molecule has 0 aliphatic rings. The molecule has 1 rings (SSSR count). The first-order chi connectivity index (χ1) is 6.25. The van der Waals surface area contributed by atoms with Gasteiger partial charge >= 0.3 is 5.97 Å². The van der Waals surface area contributed by atoms with Gasteiger partial charge in [-0.25, -0.2) is 4.98 Å². The maximum atomic E-state index is 10.7. The maximum Gasteiger partial charge on any atom is 0.327 e. The molecule has 4 nitrogen and oxygen atoms in total. The van der Waals surface area contributed by atoms with Gasteiger partial charge in [0, 0.05) is 5.38 Å². The molecule has 1 unspecified atom stereocenters. The Kier molecular flexibility index (Phi) is 3.43. The number of nitrogens with one attached hydrogen (secondary N) is 1. The van der Waals surface area contributed by atoms with Crippen molar-refractivity contribution in [1.29, 1.82) is 0 Å². The van der Waals surface area contributed by atoms with Crippen LogP contribution in [0.3, 0.4) is 0 Å². The molecule has 1 aromatic rings. The number of aromatic nitrogens is 1. The Morgan fingerprint density at radius 3 is 3.15 bits per heavy atom. The Morgan fingerprint density at radius 2 is 2.69 bits per heavy atom. The fourth-order valence-corrected chi connectivity index (χ4v) is 1.42. The molecule has 5 heteroatoms. The Morgan fingerprint density at radius 1 is 1.92 bits per heavy atom. The number of carbonyl (C=O) groups is 1. The second-order valence-corrected chi connectivity index (χ2v) is 2.99. The Hall–Kier alpha value is -1.38. The van der Waals surface area contributed by atoms with Crippen LogP contribution in [0.15, 0.2) is 10.9 Å². The summed E-state index contributed by atoms with van der Waals surface area (Å²) < 4.78 is 0. The van der Waals surface area contributed by atoms with E-state index in [9.17, 15) is 4.79 Å². The summed E-state index contributed by atoms with van der Waals surface area (Å²) in [5.41, 5.74) is 2.08. The van der Waals surface area contributed by atoms with Crippen molar-refractivity contribution in [2.75, 3.05) is 6.54 Å². The summed E-state index contributed by atoms with van der Waals surface area (Å²) in [6.07, 6.45) is 5.01. The minimum Gasteiger partial charge on any atom is -0.480 e. The molecule has 0 bridgehead atoms. The predicted octanol–water partition coefficient (Wildman–Crippen LogP) is 0.492. The van der Waals surface area contributed by atoms with Gasteiger partial charge in [0.25, 0.3) is 0 Å². The number of hydrogen-bond acceptors (Lipinski definition) is 4. The molecule has 0 spiro atoms. The van der Waals surface area contributed by atoms with E-state index in [1.807, 2.05) is 0 Å². The average molecular weight is 196 g/mol. The molecular formula is C8H8N2O2S. The van der Waals surface area contributed by atoms with Gasteiger partial charge in [0.2, 0.25) is 0 Å². The lowest BCUT2D eigenvalue weighted by Gasteiger charge is -2.08. The summed E-state index contributed by atoms with van der Waals surface area (Å²) in [6, 6.07) is -0.803. The molecule has 0 amide bonds. The van der Waals surface area contributed by atoms with Gasteiger partial charge in [-0.3, -0.25) is 10.1 Å². The maximum absolute atomic E-state index is 10.7. The van der Waals surface area contributed by atoms with E-state index in [0.717, 1.165) is 0 Å². The Labute approximate surface area is 79.6 Å². The van der Waals surface area contributed by atoms with Crippen LogP contribution in [0.1, 0.15) is 11.7 Å². The molecular weight excluding hydrogens is 188 g/mol. The SMILES string of the molecule is C#CCNC(C(=O)O)c1cscn1. The molecule has 2 N–H and O–H groups in total. The van der Waals surface area contributed by atoms with Crippen molar-refractivity contribution in [3.63, 3.8) is 0 Å². The fourth-order valence-electron chi connectivity index (χ4n) is 0.844. The standard InChI is InChI=1S/C8H8N2O2S/c1-2-3-9-7(8(11)12)6-4-13-5-10-6/h1,4-5,7,9H,3H2,(H,11,12). The van der Waals surface area contributed by atoms with E-state index in [1.54, 1.807) is 10.9 Å². The second kappa shape index (κ2) is 4.60. The minimum absolute atomic E-state index is 0.217. The number of aliphatic carboxylic acids is 1. The van der Waals surface area contributed by atoms with Crippen LogP contribution in [-0.4, -0.2) is 22.6 Å². The highest BCUT2D eigenvalue weighted by Crippen LogP contribution is 2.12. The third-order valence-corrected chi connectivity index (χ3v) is 2.01. The third kappa shape index (κ3) is 2.54. The molecule has 1 heterocycles. The van der Waals surface area contributed by atoms with Crippen molar-refractivity contribution in [3.05, 3.63) is 16.6 Å². The van der Waals surface area contributed by atoms with Gasteiger partial charge in [-0.15, -0.1) is 17.8 Å². The molecule has 1 atom stereocenters. The first-order valence-electron chi connectivity index (χ1n) is 3.53. The first kappa shape index (κ1) is 9.71. The van der Waals surface area contributed by atoms with Gasteiger partial charge in [-0.05, 0) is 0 Å². The number of terminal acetylenes is 1. The average Bonchev–Trinajstić information content (AvgIpc) is 2.57. The lowest BCUT2D eigenvalue weighted by atomic mass is 10.2. The van der Waals surface area contributed by atoms with Crippen LogP contribution in [0.25, 0.3) is 0 Å². The van der Waals surface area contributed by atoms with Gasteiger partial charge in [-0.2, -0.15) is 0 Å². The number of carboxylic acid groups (broad SMARTS) is 1. The smallest absolute Gasteiger partial charge is 0.327 e. The zero-order chi connectivity index (χ0) is 9.68. The van der Waals surface area contributed by atoms with E-state index >= 15 is 0 Å². The molecule has 13 heavy (non-hydrogen) atoms. The molecule has 0 aliphatic carbocycles. The normalized spacial score (nSPS) is 11.9. The lowest BCUT2D eigenvalue weighted by molar-refractivity contribution is -0.139. The summed E-state index contributed by atoms with van der Waals surface area (Å²) in [4.78, 5) is 14.6. The van der Waals surface area contributed by atoms with Crippen LogP contribution >= 0.6 is 11.3 Å². The number of carboxylic acids is 1. The molecule has 0 aliphatic heterocycles. The van der Waals surface area contributed by atoms with Crippen LogP contribution in [0.5, 0.6) is 0 Å².